The number of carbonyl (C=O) groups excluding carboxylic acids is 2. The monoisotopic (exact) mass is 432 g/mol. The summed E-state index contributed by atoms with van der Waals surface area (Å²) < 4.78 is 20.2. The molecule has 2 amide bonds. The predicted octanol–water partition coefficient (Wildman–Crippen LogP) is 3.16. The van der Waals surface area contributed by atoms with Crippen LogP contribution in [0.25, 0.3) is 0 Å². The van der Waals surface area contributed by atoms with E-state index in [0.29, 0.717) is 16.9 Å². The smallest absolute Gasteiger partial charge is 0.304 e. The van der Waals surface area contributed by atoms with Crippen LogP contribution in [0.3, 0.4) is 0 Å². The van der Waals surface area contributed by atoms with Gasteiger partial charge in [0.1, 0.15) is 11.6 Å². The third-order valence-corrected chi connectivity index (χ3v) is 5.35. The first kappa shape index (κ1) is 21.2. The SMILES string of the molecule is COc1ccc([C@H]2[C@@H](NC(=O)c3ccc(C)cc3)C(=O)N/[N+]2=C\c2ccc(F)cc2)cc1. The number of hydrazone groups is 1. The number of hydrogen-bond acceptors (Lipinski definition) is 3. The summed E-state index contributed by atoms with van der Waals surface area (Å²) in [6.07, 6.45) is 1.71. The van der Waals surface area contributed by atoms with Crippen molar-refractivity contribution in [2.75, 3.05) is 7.11 Å². The van der Waals surface area contributed by atoms with E-state index in [2.05, 4.69) is 10.7 Å². The highest BCUT2D eigenvalue weighted by atomic mass is 19.1. The lowest BCUT2D eigenvalue weighted by molar-refractivity contribution is -0.596. The number of benzene rings is 3. The minimum Gasteiger partial charge on any atom is -0.497 e. The Morgan fingerprint density at radius 3 is 2.31 bits per heavy atom. The third kappa shape index (κ3) is 4.51. The molecule has 162 valence electrons. The van der Waals surface area contributed by atoms with Crippen molar-refractivity contribution in [3.8, 4) is 5.75 Å². The van der Waals surface area contributed by atoms with Crippen molar-refractivity contribution in [1.82, 2.24) is 10.7 Å². The van der Waals surface area contributed by atoms with Gasteiger partial charge in [-0.25, -0.2) is 4.39 Å². The van der Waals surface area contributed by atoms with E-state index in [9.17, 15) is 14.0 Å². The molecule has 0 aliphatic carbocycles. The topological polar surface area (TPSA) is 70.4 Å². The van der Waals surface area contributed by atoms with E-state index < -0.39 is 12.1 Å². The number of methoxy groups -OCH3 is 1. The minimum absolute atomic E-state index is 0.340. The molecule has 6 nitrogen and oxygen atoms in total. The van der Waals surface area contributed by atoms with Gasteiger partial charge < -0.3 is 10.1 Å². The molecule has 0 unspecified atom stereocenters. The lowest BCUT2D eigenvalue weighted by Gasteiger charge is -2.15. The van der Waals surface area contributed by atoms with E-state index >= 15 is 0 Å². The predicted molar refractivity (Wildman–Crippen MR) is 118 cm³/mol. The summed E-state index contributed by atoms with van der Waals surface area (Å²) in [6.45, 7) is 1.94. The third-order valence-electron chi connectivity index (χ3n) is 5.35. The van der Waals surface area contributed by atoms with Crippen LogP contribution in [0.15, 0.2) is 72.8 Å². The molecule has 0 aromatic heterocycles. The Kier molecular flexibility index (Phi) is 5.98. The molecule has 1 fully saturated rings. The molecule has 1 heterocycles. The van der Waals surface area contributed by atoms with E-state index in [-0.39, 0.29) is 17.6 Å². The van der Waals surface area contributed by atoms with Crippen LogP contribution in [-0.2, 0) is 4.79 Å². The number of carbonyl (C=O) groups is 2. The maximum atomic E-state index is 13.3. The van der Waals surface area contributed by atoms with E-state index in [1.54, 1.807) is 54.4 Å². The zero-order chi connectivity index (χ0) is 22.7. The fraction of sp³-hybridized carbons (Fsp3) is 0.160. The summed E-state index contributed by atoms with van der Waals surface area (Å²) in [5, 5.41) is 2.86. The maximum absolute atomic E-state index is 13.3. The second kappa shape index (κ2) is 9.01. The molecule has 0 saturated carbocycles. The highest BCUT2D eigenvalue weighted by Gasteiger charge is 2.47. The Hall–Kier alpha value is -4.00. The molecule has 3 aromatic carbocycles. The molecule has 7 heteroatoms. The fourth-order valence-corrected chi connectivity index (χ4v) is 3.62. The Bertz CT molecular complexity index is 1160. The van der Waals surface area contributed by atoms with Gasteiger partial charge in [-0.05, 0) is 67.6 Å². The van der Waals surface area contributed by atoms with Gasteiger partial charge in [0.2, 0.25) is 12.3 Å². The number of ether oxygens (including phenoxy) is 1. The maximum Gasteiger partial charge on any atom is 0.304 e. The molecule has 2 atom stereocenters. The summed E-state index contributed by atoms with van der Waals surface area (Å²) in [5.41, 5.74) is 5.82. The van der Waals surface area contributed by atoms with Crippen molar-refractivity contribution in [3.63, 3.8) is 0 Å². The number of halogens is 1. The van der Waals surface area contributed by atoms with Crippen LogP contribution >= 0.6 is 0 Å². The van der Waals surface area contributed by atoms with Crippen LogP contribution in [0.1, 0.15) is 33.1 Å². The Balaban J connectivity index is 1.69. The molecular formula is C25H23FN3O3+. The molecule has 1 aliphatic rings. The average Bonchev–Trinajstić information content (AvgIpc) is 3.10. The molecule has 0 bridgehead atoms. The highest BCUT2D eigenvalue weighted by Crippen LogP contribution is 2.27. The molecule has 2 N–H and O–H groups in total. The zero-order valence-corrected chi connectivity index (χ0v) is 17.7. The van der Waals surface area contributed by atoms with Gasteiger partial charge in [0.25, 0.3) is 5.91 Å². The second-order valence-corrected chi connectivity index (χ2v) is 7.60. The fourth-order valence-electron chi connectivity index (χ4n) is 3.62. The lowest BCUT2D eigenvalue weighted by atomic mass is 9.99. The molecule has 1 aliphatic heterocycles. The molecular weight excluding hydrogens is 409 g/mol. The molecule has 32 heavy (non-hydrogen) atoms. The van der Waals surface area contributed by atoms with Crippen LogP contribution in [0.2, 0.25) is 0 Å². The number of nitrogens with zero attached hydrogens (tertiary/aromatic N) is 1. The van der Waals surface area contributed by atoms with Crippen molar-refractivity contribution >= 4 is 18.0 Å². The molecule has 1 saturated heterocycles. The largest absolute Gasteiger partial charge is 0.497 e. The summed E-state index contributed by atoms with van der Waals surface area (Å²) in [6, 6.07) is 19.0. The highest BCUT2D eigenvalue weighted by molar-refractivity contribution is 5.98. The summed E-state index contributed by atoms with van der Waals surface area (Å²) in [7, 11) is 1.58. The van der Waals surface area contributed by atoms with Crippen molar-refractivity contribution in [2.45, 2.75) is 19.0 Å². The summed E-state index contributed by atoms with van der Waals surface area (Å²) >= 11 is 0. The van der Waals surface area contributed by atoms with Crippen molar-refractivity contribution in [1.29, 1.82) is 0 Å². The van der Waals surface area contributed by atoms with Crippen LogP contribution in [0.4, 0.5) is 4.39 Å². The second-order valence-electron chi connectivity index (χ2n) is 7.60. The number of rotatable bonds is 5. The van der Waals surface area contributed by atoms with Gasteiger partial charge in [-0.3, -0.25) is 9.59 Å². The van der Waals surface area contributed by atoms with Crippen LogP contribution in [-0.4, -0.2) is 35.9 Å². The molecule has 0 radical (unpaired) electrons. The average molecular weight is 432 g/mol. The zero-order valence-electron chi connectivity index (χ0n) is 17.7. The van der Waals surface area contributed by atoms with Crippen LogP contribution in [0, 0.1) is 12.7 Å². The van der Waals surface area contributed by atoms with Gasteiger partial charge in [-0.2, -0.15) is 0 Å². The summed E-state index contributed by atoms with van der Waals surface area (Å²) in [4.78, 5) is 25.7. The van der Waals surface area contributed by atoms with Gasteiger partial charge in [-0.15, -0.1) is 10.1 Å². The first-order valence-corrected chi connectivity index (χ1v) is 10.2. The Labute approximate surface area is 185 Å². The van der Waals surface area contributed by atoms with Gasteiger partial charge in [0.05, 0.1) is 7.11 Å². The molecule has 3 aromatic rings. The quantitative estimate of drug-likeness (QED) is 0.609. The van der Waals surface area contributed by atoms with Crippen LogP contribution < -0.4 is 15.5 Å². The number of amides is 2. The number of nitrogens with one attached hydrogen (secondary N) is 2. The Morgan fingerprint density at radius 1 is 1.03 bits per heavy atom. The number of aryl methyl sites for hydroxylation is 1. The first-order valence-electron chi connectivity index (χ1n) is 10.2. The lowest BCUT2D eigenvalue weighted by Crippen LogP contribution is -2.42. The standard InChI is InChI=1S/C25H22FN3O3/c1-16-3-7-19(8-4-16)24(30)27-22-23(18-9-13-21(32-2)14-10-18)29(28-25(22)31)15-17-5-11-20(26)12-6-17/h3-15,22-23H,1-2H3,(H-,27,28,30,31)/p+1/b29-15-/t22-,23+/m1/s1. The van der Waals surface area contributed by atoms with E-state index in [1.807, 2.05) is 31.2 Å². The Morgan fingerprint density at radius 2 is 1.69 bits per heavy atom. The van der Waals surface area contributed by atoms with Gasteiger partial charge >= 0.3 is 5.91 Å². The van der Waals surface area contributed by atoms with Gasteiger partial charge in [-0.1, -0.05) is 17.7 Å². The first-order chi connectivity index (χ1) is 15.4. The van der Waals surface area contributed by atoms with E-state index in [4.69, 9.17) is 4.74 Å². The number of hydrogen-bond donors (Lipinski definition) is 2. The van der Waals surface area contributed by atoms with Crippen molar-refractivity contribution in [3.05, 3.63) is 101 Å². The van der Waals surface area contributed by atoms with Gasteiger partial charge in [0.15, 0.2) is 6.04 Å². The van der Waals surface area contributed by atoms with Crippen molar-refractivity contribution in [2.24, 2.45) is 0 Å². The van der Waals surface area contributed by atoms with E-state index in [1.165, 1.54) is 12.1 Å². The molecule has 0 spiro atoms. The summed E-state index contributed by atoms with van der Waals surface area (Å²) in [5.74, 6) is -0.347. The molecule has 4 rings (SSSR count). The minimum atomic E-state index is -0.839. The number of hydrazine groups is 1. The normalized spacial score (nSPS) is 19.0. The van der Waals surface area contributed by atoms with E-state index in [0.717, 1.165) is 11.1 Å². The van der Waals surface area contributed by atoms with Gasteiger partial charge in [0, 0.05) is 16.7 Å². The van der Waals surface area contributed by atoms with Crippen LogP contribution in [0.5, 0.6) is 5.75 Å². The van der Waals surface area contributed by atoms with Crippen molar-refractivity contribution < 1.29 is 23.4 Å².